The first-order valence-electron chi connectivity index (χ1n) is 12.8. The fraction of sp³-hybridized carbons (Fsp3) is 0.400. The maximum Gasteiger partial charge on any atom is 0.356 e. The number of benzene rings is 2. The molecule has 1 unspecified atom stereocenters. The van der Waals surface area contributed by atoms with Gasteiger partial charge in [0.05, 0.1) is 0 Å². The summed E-state index contributed by atoms with van der Waals surface area (Å²) in [5.74, 6) is -27.9. The highest BCUT2D eigenvalue weighted by molar-refractivity contribution is 6.08. The number of ether oxygens (including phenoxy) is 1. The van der Waals surface area contributed by atoms with Crippen molar-refractivity contribution in [2.24, 2.45) is 0 Å². The van der Waals surface area contributed by atoms with E-state index < -0.39 is 72.2 Å². The van der Waals surface area contributed by atoms with Crippen molar-refractivity contribution in [3.05, 3.63) is 64.7 Å². The molecule has 5 rings (SSSR count). The fourth-order valence-corrected chi connectivity index (χ4v) is 5.24. The van der Waals surface area contributed by atoms with Gasteiger partial charge in [-0.2, -0.15) is 4.90 Å². The van der Waals surface area contributed by atoms with Gasteiger partial charge in [0.15, 0.2) is 6.04 Å². The molecule has 20 heteroatoms. The number of carbonyl (C=O) groups is 3. The molecule has 0 aliphatic carbocycles. The van der Waals surface area contributed by atoms with E-state index in [1.54, 1.807) is 11.4 Å². The summed E-state index contributed by atoms with van der Waals surface area (Å²) in [4.78, 5) is 37.8. The van der Waals surface area contributed by atoms with Gasteiger partial charge in [-0.3, -0.25) is 24.4 Å². The summed E-state index contributed by atoms with van der Waals surface area (Å²) in [6.07, 6.45) is 0. The average molecular weight is 641 g/mol. The van der Waals surface area contributed by atoms with Crippen LogP contribution in [0.1, 0.15) is 27.0 Å². The largest absolute Gasteiger partial charge is 0.381 e. The Morgan fingerprint density at radius 2 is 1.40 bits per heavy atom. The first-order chi connectivity index (χ1) is 20.6. The van der Waals surface area contributed by atoms with Crippen molar-refractivity contribution in [1.82, 2.24) is 15.1 Å². The first-order valence-corrected chi connectivity index (χ1v) is 12.8. The van der Waals surface area contributed by atoms with E-state index in [-0.39, 0.29) is 28.1 Å². The van der Waals surface area contributed by atoms with Gasteiger partial charge in [-0.15, -0.1) is 0 Å². The zero-order chi connectivity index (χ0) is 33.5. The molecule has 3 amide bonds. The van der Waals surface area contributed by atoms with E-state index in [9.17, 15) is 75.7 Å². The molecule has 2 saturated heterocycles. The van der Waals surface area contributed by atoms with E-state index in [1.165, 1.54) is 36.4 Å². The van der Waals surface area contributed by atoms with Crippen molar-refractivity contribution in [2.75, 3.05) is 5.32 Å². The molecule has 0 spiro atoms. The molecule has 2 aromatic carbocycles. The number of nitrogens with one attached hydrogen (secondary N) is 2. The van der Waals surface area contributed by atoms with E-state index in [0.29, 0.717) is 16.2 Å². The van der Waals surface area contributed by atoms with Crippen molar-refractivity contribution in [3.63, 3.8) is 0 Å². The zero-order valence-corrected chi connectivity index (χ0v) is 22.6. The van der Waals surface area contributed by atoms with Crippen LogP contribution in [0, 0.1) is 0 Å². The molecule has 244 valence electrons. The van der Waals surface area contributed by atoms with Crippen molar-refractivity contribution in [1.29, 1.82) is 0 Å². The second kappa shape index (κ2) is 10.1. The number of rotatable bonds is 6. The Kier molecular flexibility index (Phi) is 7.37. The SMILES string of the molecule is O=C1NC(=O)C(O)(O)C(O)(O)C1N1Cc2c(NCc3cccc(CN4C(O)(O)C(O)(O)OC(O)(O)C4(O)O)c3)cccc2C1=O. The van der Waals surface area contributed by atoms with Crippen LogP contribution in [0.5, 0.6) is 0 Å². The topological polar surface area (TPSA) is 334 Å². The third kappa shape index (κ3) is 4.86. The molecule has 0 radical (unpaired) electrons. The molecular formula is C25H28N4O16. The van der Waals surface area contributed by atoms with Gasteiger partial charge in [-0.1, -0.05) is 30.3 Å². The van der Waals surface area contributed by atoms with Gasteiger partial charge >= 0.3 is 29.6 Å². The third-order valence-corrected chi connectivity index (χ3v) is 7.73. The van der Waals surface area contributed by atoms with Crippen LogP contribution in [0.3, 0.4) is 0 Å². The predicted molar refractivity (Wildman–Crippen MR) is 137 cm³/mol. The van der Waals surface area contributed by atoms with Gasteiger partial charge in [0.1, 0.15) is 0 Å². The zero-order valence-electron chi connectivity index (χ0n) is 22.6. The molecule has 0 saturated carbocycles. The lowest BCUT2D eigenvalue weighted by Gasteiger charge is -2.55. The van der Waals surface area contributed by atoms with Crippen molar-refractivity contribution >= 4 is 23.4 Å². The van der Waals surface area contributed by atoms with Crippen molar-refractivity contribution in [2.45, 2.75) is 61.0 Å². The summed E-state index contributed by atoms with van der Waals surface area (Å²) in [5, 5.41) is 125. The number of nitrogens with zero attached hydrogens (tertiary/aromatic N) is 2. The molecule has 14 N–H and O–H groups in total. The summed E-state index contributed by atoms with van der Waals surface area (Å²) >= 11 is 0. The van der Waals surface area contributed by atoms with Crippen LogP contribution in [0.4, 0.5) is 5.69 Å². The first kappa shape index (κ1) is 32.7. The van der Waals surface area contributed by atoms with Gasteiger partial charge in [0.2, 0.25) is 0 Å². The highest BCUT2D eigenvalue weighted by Crippen LogP contribution is 2.42. The van der Waals surface area contributed by atoms with Crippen LogP contribution in [-0.2, 0) is 34.0 Å². The molecular weight excluding hydrogens is 612 g/mol. The number of morpholine rings is 1. The Morgan fingerprint density at radius 3 is 2.02 bits per heavy atom. The Morgan fingerprint density at radius 1 is 0.822 bits per heavy atom. The Bertz CT molecular complexity index is 1550. The summed E-state index contributed by atoms with van der Waals surface area (Å²) in [6.45, 7) is -1.43. The van der Waals surface area contributed by atoms with Gasteiger partial charge in [-0.05, 0) is 23.3 Å². The van der Waals surface area contributed by atoms with Gasteiger partial charge in [0, 0.05) is 36.4 Å². The number of anilines is 1. The Hall–Kier alpha value is -3.71. The number of fused-ring (bicyclic) bond motifs is 1. The van der Waals surface area contributed by atoms with Crippen LogP contribution in [0.15, 0.2) is 42.5 Å². The summed E-state index contributed by atoms with van der Waals surface area (Å²) in [5.41, 5.74) is 0.995. The van der Waals surface area contributed by atoms with Gasteiger partial charge in [-0.25, -0.2) is 0 Å². The van der Waals surface area contributed by atoms with Crippen LogP contribution in [0.25, 0.3) is 0 Å². The quantitative estimate of drug-likeness (QED) is 0.103. The summed E-state index contributed by atoms with van der Waals surface area (Å²) < 4.78 is 3.85. The standard InChI is InChI=1S/C25H28N4O16/c30-17-16(20(33,34)21(35,36)19(32)27-17)28-10-14-13(18(28)31)5-2-6-15(14)26-8-11-3-1-4-12(7-11)9-29-22(37,38)24(41,42)45-25(43,44)23(29,39)40/h1-7,16,26,33-44H,8-10H2,(H,27,30,32). The monoisotopic (exact) mass is 640 g/mol. The molecule has 1 atom stereocenters. The molecule has 0 bridgehead atoms. The lowest BCUT2D eigenvalue weighted by molar-refractivity contribution is -0.659. The molecule has 45 heavy (non-hydrogen) atoms. The van der Waals surface area contributed by atoms with Crippen LogP contribution >= 0.6 is 0 Å². The maximum absolute atomic E-state index is 13.2. The Labute approximate surface area is 250 Å². The predicted octanol–water partition coefficient (Wildman–Crippen LogP) is -6.97. The molecule has 2 aromatic rings. The lowest BCUT2D eigenvalue weighted by atomic mass is 9.90. The molecule has 0 aromatic heterocycles. The molecule has 3 aliphatic heterocycles. The second-order valence-corrected chi connectivity index (χ2v) is 10.7. The third-order valence-electron chi connectivity index (χ3n) is 7.73. The van der Waals surface area contributed by atoms with E-state index in [1.807, 2.05) is 0 Å². The maximum atomic E-state index is 13.2. The normalized spacial score (nSPS) is 25.9. The summed E-state index contributed by atoms with van der Waals surface area (Å²) in [6, 6.07) is 7.69. The number of piperidine rings is 1. The molecule has 2 fully saturated rings. The lowest BCUT2D eigenvalue weighted by Crippen LogP contribution is -2.83. The highest BCUT2D eigenvalue weighted by atomic mass is 16.9. The van der Waals surface area contributed by atoms with E-state index in [0.717, 1.165) is 0 Å². The minimum absolute atomic E-state index is 0.000455. The Balaban J connectivity index is 1.36. The fourth-order valence-electron chi connectivity index (χ4n) is 5.24. The van der Waals surface area contributed by atoms with Crippen molar-refractivity contribution in [3.8, 4) is 0 Å². The van der Waals surface area contributed by atoms with Crippen molar-refractivity contribution < 1.29 is 80.4 Å². The molecule has 3 aliphatic rings. The van der Waals surface area contributed by atoms with E-state index in [4.69, 9.17) is 0 Å². The number of aliphatic hydroxyl groups is 12. The van der Waals surface area contributed by atoms with Gasteiger partial charge in [0.25, 0.3) is 23.5 Å². The smallest absolute Gasteiger partial charge is 0.356 e. The molecule has 3 heterocycles. The highest BCUT2D eigenvalue weighted by Gasteiger charge is 2.74. The molecule has 20 nitrogen and oxygen atoms in total. The average Bonchev–Trinajstić information content (AvgIpc) is 3.24. The van der Waals surface area contributed by atoms with E-state index >= 15 is 0 Å². The van der Waals surface area contributed by atoms with Gasteiger partial charge < -0.3 is 71.5 Å². The summed E-state index contributed by atoms with van der Waals surface area (Å²) in [7, 11) is 0. The second-order valence-electron chi connectivity index (χ2n) is 10.7. The number of imide groups is 1. The van der Waals surface area contributed by atoms with E-state index in [2.05, 4.69) is 10.1 Å². The number of hydrogen-bond donors (Lipinski definition) is 14. The van der Waals surface area contributed by atoms with Crippen LogP contribution in [-0.4, -0.2) is 130 Å². The minimum Gasteiger partial charge on any atom is -0.381 e. The number of amides is 3. The van der Waals surface area contributed by atoms with Crippen LogP contribution < -0.4 is 10.6 Å². The minimum atomic E-state index is -4.11. The number of carbonyl (C=O) groups excluding carboxylic acids is 3. The van der Waals surface area contributed by atoms with Crippen LogP contribution in [0.2, 0.25) is 0 Å². The number of hydrogen-bond acceptors (Lipinski definition) is 18.